The van der Waals surface area contributed by atoms with Gasteiger partial charge in [-0.2, -0.15) is 0 Å². The number of esters is 2. The van der Waals surface area contributed by atoms with Crippen LogP contribution in [0.3, 0.4) is 0 Å². The van der Waals surface area contributed by atoms with Crippen molar-refractivity contribution in [2.45, 2.75) is 26.8 Å². The average molecular weight is 541 g/mol. The van der Waals surface area contributed by atoms with Crippen molar-refractivity contribution in [2.24, 2.45) is 4.99 Å². The molecule has 1 aliphatic rings. The second-order valence-corrected chi connectivity index (χ2v) is 9.41. The molecule has 1 aromatic heterocycles. The Bertz CT molecular complexity index is 1560. The van der Waals surface area contributed by atoms with Gasteiger partial charge in [-0.15, -0.1) is 0 Å². The lowest BCUT2D eigenvalue weighted by Gasteiger charge is -2.25. The molecule has 37 heavy (non-hydrogen) atoms. The van der Waals surface area contributed by atoms with Crippen molar-refractivity contribution < 1.29 is 23.8 Å². The van der Waals surface area contributed by atoms with E-state index in [0.29, 0.717) is 36.9 Å². The molecule has 3 aromatic rings. The molecule has 8 nitrogen and oxygen atoms in total. The molecule has 2 heterocycles. The van der Waals surface area contributed by atoms with E-state index in [-0.39, 0.29) is 31.0 Å². The highest BCUT2D eigenvalue weighted by Gasteiger charge is 2.34. The largest absolute Gasteiger partial charge is 0.482 e. The number of allylic oxidation sites excluding steroid dienone is 1. The lowest BCUT2D eigenvalue weighted by molar-refractivity contribution is -0.145. The van der Waals surface area contributed by atoms with Crippen LogP contribution >= 0.6 is 22.9 Å². The second-order valence-electron chi connectivity index (χ2n) is 7.99. The first-order valence-electron chi connectivity index (χ1n) is 11.7. The van der Waals surface area contributed by atoms with Gasteiger partial charge in [0.25, 0.3) is 5.56 Å². The summed E-state index contributed by atoms with van der Waals surface area (Å²) < 4.78 is 17.6. The Labute approximate surface area is 222 Å². The number of rotatable bonds is 8. The maximum Gasteiger partial charge on any atom is 0.344 e. The van der Waals surface area contributed by atoms with Crippen LogP contribution in [0.2, 0.25) is 5.02 Å². The van der Waals surface area contributed by atoms with E-state index in [0.717, 1.165) is 0 Å². The predicted octanol–water partition coefficient (Wildman–Crippen LogP) is 3.39. The number of ether oxygens (including phenoxy) is 3. The van der Waals surface area contributed by atoms with Crippen LogP contribution in [-0.2, 0) is 19.1 Å². The minimum Gasteiger partial charge on any atom is -0.482 e. The quantitative estimate of drug-likeness (QED) is 0.406. The fourth-order valence-corrected chi connectivity index (χ4v) is 5.26. The monoisotopic (exact) mass is 540 g/mol. The van der Waals surface area contributed by atoms with E-state index in [1.165, 1.54) is 15.9 Å². The maximum atomic E-state index is 13.7. The lowest BCUT2D eigenvalue weighted by atomic mass is 9.96. The highest BCUT2D eigenvalue weighted by atomic mass is 35.5. The van der Waals surface area contributed by atoms with Crippen LogP contribution in [0.1, 0.15) is 37.9 Å². The Morgan fingerprint density at radius 1 is 1.11 bits per heavy atom. The van der Waals surface area contributed by atoms with E-state index in [1.54, 1.807) is 69.3 Å². The number of hydrogen-bond donors (Lipinski definition) is 0. The van der Waals surface area contributed by atoms with Crippen molar-refractivity contribution >= 4 is 41.0 Å². The van der Waals surface area contributed by atoms with Crippen molar-refractivity contribution in [1.82, 2.24) is 4.57 Å². The first-order valence-corrected chi connectivity index (χ1v) is 12.9. The Morgan fingerprint density at radius 2 is 1.86 bits per heavy atom. The van der Waals surface area contributed by atoms with Crippen molar-refractivity contribution in [1.29, 1.82) is 0 Å². The zero-order valence-electron chi connectivity index (χ0n) is 20.5. The smallest absolute Gasteiger partial charge is 0.344 e. The van der Waals surface area contributed by atoms with Crippen LogP contribution in [0.5, 0.6) is 5.75 Å². The SMILES string of the molecule is CCOC(=O)COc1cccc(/C=c2\sc3n(c2=O)[C@@H](c2ccccc2Cl)C(C(=O)OCC)=C(C)N=3)c1. The van der Waals surface area contributed by atoms with E-state index < -0.39 is 18.0 Å². The molecule has 0 radical (unpaired) electrons. The van der Waals surface area contributed by atoms with Crippen LogP contribution < -0.4 is 19.6 Å². The highest BCUT2D eigenvalue weighted by Crippen LogP contribution is 2.34. The number of thiazole rings is 1. The predicted molar refractivity (Wildman–Crippen MR) is 140 cm³/mol. The Balaban J connectivity index is 1.80. The van der Waals surface area contributed by atoms with Crippen LogP contribution in [0.4, 0.5) is 0 Å². The van der Waals surface area contributed by atoms with Crippen molar-refractivity contribution in [3.63, 3.8) is 0 Å². The van der Waals surface area contributed by atoms with Gasteiger partial charge in [-0.3, -0.25) is 9.36 Å². The fraction of sp³-hybridized carbons (Fsp3) is 0.259. The molecule has 4 rings (SSSR count). The van der Waals surface area contributed by atoms with Gasteiger partial charge in [0, 0.05) is 5.02 Å². The molecule has 0 amide bonds. The molecule has 0 bridgehead atoms. The molecular weight excluding hydrogens is 516 g/mol. The van der Waals surface area contributed by atoms with E-state index >= 15 is 0 Å². The normalized spacial score (nSPS) is 15.1. The zero-order valence-corrected chi connectivity index (χ0v) is 22.1. The summed E-state index contributed by atoms with van der Waals surface area (Å²) in [6.45, 7) is 5.41. The first-order chi connectivity index (χ1) is 17.8. The van der Waals surface area contributed by atoms with E-state index in [9.17, 15) is 14.4 Å². The number of benzene rings is 2. The molecule has 0 aliphatic carbocycles. The molecule has 0 unspecified atom stereocenters. The van der Waals surface area contributed by atoms with Gasteiger partial charge in [-0.05, 0) is 56.2 Å². The number of carbonyl (C=O) groups excluding carboxylic acids is 2. The minimum absolute atomic E-state index is 0.184. The van der Waals surface area contributed by atoms with Crippen LogP contribution in [0.25, 0.3) is 6.08 Å². The minimum atomic E-state index is -0.787. The summed E-state index contributed by atoms with van der Waals surface area (Å²) >= 11 is 7.73. The molecule has 1 atom stereocenters. The van der Waals surface area contributed by atoms with Gasteiger partial charge in [0.15, 0.2) is 11.4 Å². The van der Waals surface area contributed by atoms with Crippen molar-refractivity contribution in [3.8, 4) is 5.75 Å². The summed E-state index contributed by atoms with van der Waals surface area (Å²) in [5.74, 6) is -0.549. The molecule has 0 saturated heterocycles. The topological polar surface area (TPSA) is 96.2 Å². The second kappa shape index (κ2) is 11.6. The summed E-state index contributed by atoms with van der Waals surface area (Å²) in [7, 11) is 0. The number of carbonyl (C=O) groups is 2. The van der Waals surface area contributed by atoms with Gasteiger partial charge >= 0.3 is 11.9 Å². The summed E-state index contributed by atoms with van der Waals surface area (Å²) in [6, 6.07) is 13.3. The Morgan fingerprint density at radius 3 is 2.59 bits per heavy atom. The third-order valence-corrected chi connectivity index (χ3v) is 6.86. The van der Waals surface area contributed by atoms with Gasteiger partial charge in [0.2, 0.25) is 0 Å². The first kappa shape index (κ1) is 26.4. The van der Waals surface area contributed by atoms with Crippen LogP contribution in [0.15, 0.2) is 69.6 Å². The molecule has 192 valence electrons. The molecule has 0 saturated carbocycles. The van der Waals surface area contributed by atoms with Crippen molar-refractivity contribution in [3.05, 3.63) is 95.6 Å². The standard InChI is InChI=1S/C27H25ClN2O6S/c1-4-34-22(31)15-36-18-10-8-9-17(13-18)14-21-25(32)30-24(19-11-6-7-12-20(19)28)23(26(33)35-5-2)16(3)29-27(30)37-21/h6-14,24H,4-5,15H2,1-3H3/b21-14-/t24-/m0/s1. The van der Waals surface area contributed by atoms with Gasteiger partial charge in [0.1, 0.15) is 11.8 Å². The summed E-state index contributed by atoms with van der Waals surface area (Å²) in [6.07, 6.45) is 1.72. The van der Waals surface area contributed by atoms with Gasteiger partial charge in [0.05, 0.1) is 29.0 Å². The molecule has 10 heteroatoms. The van der Waals surface area contributed by atoms with Crippen molar-refractivity contribution in [2.75, 3.05) is 19.8 Å². The molecule has 0 spiro atoms. The summed E-state index contributed by atoms with van der Waals surface area (Å²) in [4.78, 5) is 43.3. The molecule has 2 aromatic carbocycles. The molecular formula is C27H25ClN2O6S. The number of hydrogen-bond acceptors (Lipinski definition) is 8. The Kier molecular flexibility index (Phi) is 8.25. The van der Waals surface area contributed by atoms with Gasteiger partial charge in [-0.1, -0.05) is 53.3 Å². The average Bonchev–Trinajstić information content (AvgIpc) is 3.17. The van der Waals surface area contributed by atoms with E-state index in [2.05, 4.69) is 4.99 Å². The van der Waals surface area contributed by atoms with Gasteiger partial charge in [-0.25, -0.2) is 14.6 Å². The molecule has 1 aliphatic heterocycles. The van der Waals surface area contributed by atoms with Gasteiger partial charge < -0.3 is 14.2 Å². The third kappa shape index (κ3) is 5.68. The third-order valence-electron chi connectivity index (χ3n) is 5.53. The molecule has 0 fully saturated rings. The molecule has 0 N–H and O–H groups in total. The number of nitrogens with zero attached hydrogens (tertiary/aromatic N) is 2. The van der Waals surface area contributed by atoms with E-state index in [4.69, 9.17) is 25.8 Å². The summed E-state index contributed by atoms with van der Waals surface area (Å²) in [5, 5.41) is 0.421. The maximum absolute atomic E-state index is 13.7. The van der Waals surface area contributed by atoms with Crippen LogP contribution in [0, 0.1) is 0 Å². The zero-order chi connectivity index (χ0) is 26.5. The van der Waals surface area contributed by atoms with Crippen LogP contribution in [-0.4, -0.2) is 36.3 Å². The number of halogens is 1. The highest BCUT2D eigenvalue weighted by molar-refractivity contribution is 7.07. The number of aromatic nitrogens is 1. The Hall–Kier alpha value is -3.69. The van der Waals surface area contributed by atoms with E-state index in [1.807, 2.05) is 6.07 Å². The number of fused-ring (bicyclic) bond motifs is 1. The summed E-state index contributed by atoms with van der Waals surface area (Å²) in [5.41, 5.74) is 1.71. The lowest BCUT2D eigenvalue weighted by Crippen LogP contribution is -2.40. The fourth-order valence-electron chi connectivity index (χ4n) is 3.97.